The maximum absolute atomic E-state index is 13.8. The Morgan fingerprint density at radius 3 is 2.60 bits per heavy atom. The quantitative estimate of drug-likeness (QED) is 0.931. The fourth-order valence-corrected chi connectivity index (χ4v) is 2.08. The predicted molar refractivity (Wildman–Crippen MR) is 82.0 cm³/mol. The second kappa shape index (κ2) is 6.28. The molecule has 0 saturated heterocycles. The predicted octanol–water partition coefficient (Wildman–Crippen LogP) is 2.83. The average Bonchev–Trinajstić information content (AvgIpc) is 2.48. The van der Waals surface area contributed by atoms with Crippen LogP contribution in [0.5, 0.6) is 0 Å². The van der Waals surface area contributed by atoms with Crippen LogP contribution in [0, 0.1) is 5.82 Å². The molecule has 1 aromatic carbocycles. The zero-order chi connectivity index (χ0) is 14.7. The van der Waals surface area contributed by atoms with Crippen molar-refractivity contribution in [2.45, 2.75) is 13.0 Å². The van der Waals surface area contributed by atoms with Crippen molar-refractivity contribution in [3.8, 4) is 11.1 Å². The summed E-state index contributed by atoms with van der Waals surface area (Å²) in [7, 11) is 1.88. The number of halogens is 2. The Labute approximate surface area is 126 Å². The van der Waals surface area contributed by atoms with Crippen LogP contribution < -0.4 is 10.6 Å². The maximum Gasteiger partial charge on any atom is 0.225 e. The third-order valence-corrected chi connectivity index (χ3v) is 3.69. The van der Waals surface area contributed by atoms with Crippen LogP contribution in [0.25, 0.3) is 11.1 Å². The molecule has 2 rings (SSSR count). The highest BCUT2D eigenvalue weighted by atomic mass is 79.9. The molecule has 0 aliphatic heterocycles. The number of rotatable bonds is 4. The minimum absolute atomic E-state index is 0.142. The van der Waals surface area contributed by atoms with Gasteiger partial charge in [0.1, 0.15) is 5.82 Å². The molecule has 0 bridgehead atoms. The lowest BCUT2D eigenvalue weighted by atomic mass is 10.1. The minimum atomic E-state index is -0.298. The molecule has 0 fully saturated rings. The molecule has 6 heteroatoms. The molecule has 0 spiro atoms. The number of nitrogens with zero attached hydrogens (tertiary/aromatic N) is 3. The van der Waals surface area contributed by atoms with Crippen molar-refractivity contribution in [3.63, 3.8) is 0 Å². The van der Waals surface area contributed by atoms with Crippen molar-refractivity contribution in [2.24, 2.45) is 5.73 Å². The molecule has 0 radical (unpaired) electrons. The van der Waals surface area contributed by atoms with Crippen LogP contribution in [0.1, 0.15) is 6.92 Å². The molecule has 2 N–H and O–H groups in total. The fourth-order valence-electron chi connectivity index (χ4n) is 1.72. The standard InChI is InChI=1S/C14H16BrFN4/c1-9(6-17)20(2)14-18-7-10(8-19-14)12-5-11(15)3-4-13(12)16/h3-5,7-9H,6,17H2,1-2H3. The summed E-state index contributed by atoms with van der Waals surface area (Å²) in [5.41, 5.74) is 6.73. The molecule has 0 aliphatic carbocycles. The lowest BCUT2D eigenvalue weighted by Gasteiger charge is -2.23. The van der Waals surface area contributed by atoms with E-state index in [1.54, 1.807) is 24.5 Å². The van der Waals surface area contributed by atoms with E-state index in [0.29, 0.717) is 23.6 Å². The van der Waals surface area contributed by atoms with E-state index in [1.165, 1.54) is 6.07 Å². The van der Waals surface area contributed by atoms with E-state index in [4.69, 9.17) is 5.73 Å². The van der Waals surface area contributed by atoms with Gasteiger partial charge in [-0.3, -0.25) is 0 Å². The van der Waals surface area contributed by atoms with Gasteiger partial charge in [-0.25, -0.2) is 14.4 Å². The van der Waals surface area contributed by atoms with Crippen LogP contribution in [-0.2, 0) is 0 Å². The van der Waals surface area contributed by atoms with Gasteiger partial charge >= 0.3 is 0 Å². The van der Waals surface area contributed by atoms with Crippen LogP contribution in [0.2, 0.25) is 0 Å². The first-order chi connectivity index (χ1) is 9.52. The van der Waals surface area contributed by atoms with E-state index in [2.05, 4.69) is 25.9 Å². The Kier molecular flexibility index (Phi) is 4.67. The Balaban J connectivity index is 2.30. The molecule has 2 aromatic rings. The molecular formula is C14H16BrFN4. The molecule has 4 nitrogen and oxygen atoms in total. The molecule has 1 heterocycles. The smallest absolute Gasteiger partial charge is 0.225 e. The number of likely N-dealkylation sites (N-methyl/N-ethyl adjacent to an activating group) is 1. The summed E-state index contributed by atoms with van der Waals surface area (Å²) < 4.78 is 14.6. The summed E-state index contributed by atoms with van der Waals surface area (Å²) in [5.74, 6) is 0.273. The van der Waals surface area contributed by atoms with Gasteiger partial charge in [-0.2, -0.15) is 0 Å². The van der Waals surface area contributed by atoms with E-state index < -0.39 is 0 Å². The van der Waals surface area contributed by atoms with Gasteiger partial charge in [0.05, 0.1) is 0 Å². The van der Waals surface area contributed by atoms with Gasteiger partial charge in [-0.1, -0.05) is 15.9 Å². The van der Waals surface area contributed by atoms with Crippen LogP contribution in [0.3, 0.4) is 0 Å². The van der Waals surface area contributed by atoms with Gasteiger partial charge < -0.3 is 10.6 Å². The van der Waals surface area contributed by atoms with Crippen molar-refractivity contribution in [2.75, 3.05) is 18.5 Å². The van der Waals surface area contributed by atoms with Crippen LogP contribution in [0.15, 0.2) is 35.1 Å². The Hall–Kier alpha value is -1.53. The number of hydrogen-bond acceptors (Lipinski definition) is 4. The summed E-state index contributed by atoms with van der Waals surface area (Å²) in [5, 5.41) is 0. The molecule has 106 valence electrons. The summed E-state index contributed by atoms with van der Waals surface area (Å²) in [6, 6.07) is 4.92. The van der Waals surface area contributed by atoms with Gasteiger partial charge in [0.25, 0.3) is 0 Å². The number of benzene rings is 1. The molecular weight excluding hydrogens is 323 g/mol. The van der Waals surface area contributed by atoms with Gasteiger partial charge in [0.15, 0.2) is 0 Å². The minimum Gasteiger partial charge on any atom is -0.340 e. The lowest BCUT2D eigenvalue weighted by Crippen LogP contribution is -2.36. The molecule has 1 unspecified atom stereocenters. The molecule has 0 amide bonds. The summed E-state index contributed by atoms with van der Waals surface area (Å²) in [4.78, 5) is 10.4. The third-order valence-electron chi connectivity index (χ3n) is 3.20. The van der Waals surface area contributed by atoms with Crippen molar-refractivity contribution >= 4 is 21.9 Å². The zero-order valence-electron chi connectivity index (χ0n) is 11.3. The largest absolute Gasteiger partial charge is 0.340 e. The summed E-state index contributed by atoms with van der Waals surface area (Å²) in [6.45, 7) is 2.51. The van der Waals surface area contributed by atoms with Gasteiger partial charge in [0, 0.05) is 47.6 Å². The molecule has 1 atom stereocenters. The SMILES string of the molecule is CC(CN)N(C)c1ncc(-c2cc(Br)ccc2F)cn1. The number of anilines is 1. The zero-order valence-corrected chi connectivity index (χ0v) is 12.9. The van der Waals surface area contributed by atoms with E-state index >= 15 is 0 Å². The first kappa shape index (κ1) is 14.9. The fraction of sp³-hybridized carbons (Fsp3) is 0.286. The van der Waals surface area contributed by atoms with Gasteiger partial charge in [-0.05, 0) is 25.1 Å². The van der Waals surface area contributed by atoms with Crippen LogP contribution >= 0.6 is 15.9 Å². The lowest BCUT2D eigenvalue weighted by molar-refractivity contribution is 0.630. The molecule has 0 saturated carbocycles. The number of aromatic nitrogens is 2. The van der Waals surface area contributed by atoms with Crippen molar-refractivity contribution in [1.29, 1.82) is 0 Å². The molecule has 0 aliphatic rings. The first-order valence-electron chi connectivity index (χ1n) is 6.23. The van der Waals surface area contributed by atoms with Crippen molar-refractivity contribution in [1.82, 2.24) is 9.97 Å². The first-order valence-corrected chi connectivity index (χ1v) is 7.02. The van der Waals surface area contributed by atoms with Crippen molar-refractivity contribution in [3.05, 3.63) is 40.9 Å². The Morgan fingerprint density at radius 2 is 2.00 bits per heavy atom. The summed E-state index contributed by atoms with van der Waals surface area (Å²) in [6.07, 6.45) is 3.24. The number of nitrogens with two attached hydrogens (primary N) is 1. The second-order valence-electron chi connectivity index (χ2n) is 4.59. The van der Waals surface area contributed by atoms with Gasteiger partial charge in [0.2, 0.25) is 5.95 Å². The highest BCUT2D eigenvalue weighted by molar-refractivity contribution is 9.10. The second-order valence-corrected chi connectivity index (χ2v) is 5.51. The van der Waals surface area contributed by atoms with Crippen LogP contribution in [-0.4, -0.2) is 29.6 Å². The number of hydrogen-bond donors (Lipinski definition) is 1. The molecule has 1 aromatic heterocycles. The highest BCUT2D eigenvalue weighted by Gasteiger charge is 2.12. The Morgan fingerprint density at radius 1 is 1.35 bits per heavy atom. The normalized spacial score (nSPS) is 12.2. The maximum atomic E-state index is 13.8. The molecule has 20 heavy (non-hydrogen) atoms. The Bertz CT molecular complexity index is 588. The average molecular weight is 339 g/mol. The van der Waals surface area contributed by atoms with Crippen LogP contribution in [0.4, 0.5) is 10.3 Å². The van der Waals surface area contributed by atoms with E-state index in [0.717, 1.165) is 4.47 Å². The highest BCUT2D eigenvalue weighted by Crippen LogP contribution is 2.25. The van der Waals surface area contributed by atoms with E-state index in [1.807, 2.05) is 18.9 Å². The summed E-state index contributed by atoms with van der Waals surface area (Å²) >= 11 is 3.33. The van der Waals surface area contributed by atoms with E-state index in [9.17, 15) is 4.39 Å². The van der Waals surface area contributed by atoms with Crippen molar-refractivity contribution < 1.29 is 4.39 Å². The van der Waals surface area contributed by atoms with Gasteiger partial charge in [-0.15, -0.1) is 0 Å². The monoisotopic (exact) mass is 338 g/mol. The van der Waals surface area contributed by atoms with E-state index in [-0.39, 0.29) is 11.9 Å². The third kappa shape index (κ3) is 3.13. The topological polar surface area (TPSA) is 55.0 Å².